The topological polar surface area (TPSA) is 70.6 Å². The first kappa shape index (κ1) is 23.5. The van der Waals surface area contributed by atoms with E-state index in [1.807, 2.05) is 25.1 Å². The molecule has 3 fully saturated rings. The Labute approximate surface area is 203 Å². The van der Waals surface area contributed by atoms with Crippen molar-refractivity contribution in [3.05, 3.63) is 59.4 Å². The number of nitrogens with zero attached hydrogens (tertiary/aromatic N) is 3. The Morgan fingerprint density at radius 3 is 2.35 bits per heavy atom. The Morgan fingerprint density at radius 2 is 1.59 bits per heavy atom. The van der Waals surface area contributed by atoms with Gasteiger partial charge in [-0.1, -0.05) is 31.0 Å². The van der Waals surface area contributed by atoms with Gasteiger partial charge in [-0.05, 0) is 75.6 Å². The minimum absolute atomic E-state index is 0.0908. The lowest BCUT2D eigenvalue weighted by Crippen LogP contribution is -2.50. The lowest BCUT2D eigenvalue weighted by molar-refractivity contribution is 0.0388. The molecule has 1 aromatic carbocycles. The van der Waals surface area contributed by atoms with Crippen LogP contribution in [0.2, 0.25) is 0 Å². The van der Waals surface area contributed by atoms with E-state index < -0.39 is 10.0 Å². The number of pyridine rings is 1. The fourth-order valence-electron chi connectivity index (χ4n) is 6.21. The van der Waals surface area contributed by atoms with Gasteiger partial charge in [-0.25, -0.2) is 8.42 Å². The second kappa shape index (κ2) is 9.78. The van der Waals surface area contributed by atoms with E-state index in [4.69, 9.17) is 4.98 Å². The van der Waals surface area contributed by atoms with Crippen molar-refractivity contribution < 1.29 is 13.2 Å². The number of sulfonamides is 1. The van der Waals surface area contributed by atoms with Crippen LogP contribution in [-0.4, -0.2) is 54.2 Å². The monoisotopic (exact) mass is 481 g/mol. The molecule has 3 aliphatic rings. The van der Waals surface area contributed by atoms with Crippen LogP contribution < -0.4 is 0 Å². The predicted octanol–water partition coefficient (Wildman–Crippen LogP) is 4.75. The highest BCUT2D eigenvalue weighted by molar-refractivity contribution is 7.89. The second-order valence-electron chi connectivity index (χ2n) is 10.1. The molecule has 6 nitrogen and oxygen atoms in total. The quantitative estimate of drug-likeness (QED) is 0.632. The Bertz CT molecular complexity index is 1130. The molecule has 2 atom stereocenters. The van der Waals surface area contributed by atoms with Gasteiger partial charge < -0.3 is 4.90 Å². The third-order valence-corrected chi connectivity index (χ3v) is 9.93. The zero-order valence-electron chi connectivity index (χ0n) is 20.0. The molecule has 2 saturated heterocycles. The molecule has 1 saturated carbocycles. The van der Waals surface area contributed by atoms with Gasteiger partial charge in [0.15, 0.2) is 0 Å². The average molecular weight is 482 g/mol. The minimum Gasteiger partial charge on any atom is -0.335 e. The summed E-state index contributed by atoms with van der Waals surface area (Å²) in [5.74, 6) is 0.853. The number of fused-ring (bicyclic) bond motifs is 1. The summed E-state index contributed by atoms with van der Waals surface area (Å²) < 4.78 is 27.7. The van der Waals surface area contributed by atoms with E-state index in [1.165, 1.54) is 25.7 Å². The lowest BCUT2D eigenvalue weighted by Gasteiger charge is -2.44. The molecule has 0 spiro atoms. The van der Waals surface area contributed by atoms with Crippen molar-refractivity contribution in [2.24, 2.45) is 5.92 Å². The summed E-state index contributed by atoms with van der Waals surface area (Å²) in [6.45, 7) is 3.69. The van der Waals surface area contributed by atoms with Gasteiger partial charge in [-0.15, -0.1) is 0 Å². The van der Waals surface area contributed by atoms with Gasteiger partial charge in [-0.3, -0.25) is 9.78 Å². The molecule has 3 heterocycles. The standard InChI is InChI=1S/C27H35N3O3S/c1-20-13-14-24(27(31)30-17-7-9-21-8-5-6-12-25(21)30)26(28-20)22-15-18-29(19-16-22)34(32,33)23-10-3-2-4-11-23/h2-4,10-11,13-14,21-22,25H,5-9,12,15-19H2,1H3/t21-,25-/m0/s1. The lowest BCUT2D eigenvalue weighted by atomic mass is 9.78. The highest BCUT2D eigenvalue weighted by Crippen LogP contribution is 2.37. The summed E-state index contributed by atoms with van der Waals surface area (Å²) >= 11 is 0. The van der Waals surface area contributed by atoms with E-state index in [9.17, 15) is 13.2 Å². The number of aromatic nitrogens is 1. The third-order valence-electron chi connectivity index (χ3n) is 8.02. The SMILES string of the molecule is Cc1ccc(C(=O)N2CCC[C@@H]3CCCC[C@@H]32)c(C2CCN(S(=O)(=O)c3ccccc3)CC2)n1. The second-order valence-corrected chi connectivity index (χ2v) is 12.1. The molecule has 2 aromatic rings. The maximum Gasteiger partial charge on any atom is 0.255 e. The smallest absolute Gasteiger partial charge is 0.255 e. The summed E-state index contributed by atoms with van der Waals surface area (Å²) in [7, 11) is -3.49. The van der Waals surface area contributed by atoms with Gasteiger partial charge in [0, 0.05) is 37.3 Å². The normalized spacial score (nSPS) is 24.6. The molecule has 5 rings (SSSR count). The fourth-order valence-corrected chi connectivity index (χ4v) is 7.70. The summed E-state index contributed by atoms with van der Waals surface area (Å²) in [4.78, 5) is 21.1. The highest BCUT2D eigenvalue weighted by atomic mass is 32.2. The molecule has 2 aliphatic heterocycles. The number of rotatable bonds is 4. The van der Waals surface area contributed by atoms with E-state index in [1.54, 1.807) is 28.6 Å². The van der Waals surface area contributed by atoms with Crippen molar-refractivity contribution in [1.82, 2.24) is 14.2 Å². The molecule has 1 amide bonds. The van der Waals surface area contributed by atoms with E-state index in [-0.39, 0.29) is 11.8 Å². The molecular weight excluding hydrogens is 446 g/mol. The number of piperidine rings is 2. The zero-order valence-corrected chi connectivity index (χ0v) is 20.8. The molecule has 7 heteroatoms. The molecule has 0 N–H and O–H groups in total. The van der Waals surface area contributed by atoms with Gasteiger partial charge in [0.2, 0.25) is 10.0 Å². The summed E-state index contributed by atoms with van der Waals surface area (Å²) in [5, 5.41) is 0. The minimum atomic E-state index is -3.49. The number of hydrogen-bond acceptors (Lipinski definition) is 4. The van der Waals surface area contributed by atoms with Crippen molar-refractivity contribution >= 4 is 15.9 Å². The number of carbonyl (C=O) groups is 1. The van der Waals surface area contributed by atoms with Crippen LogP contribution >= 0.6 is 0 Å². The van der Waals surface area contributed by atoms with Crippen molar-refractivity contribution in [1.29, 1.82) is 0 Å². The van der Waals surface area contributed by atoms with Crippen LogP contribution in [0.3, 0.4) is 0 Å². The molecule has 1 aromatic heterocycles. The Kier molecular flexibility index (Phi) is 6.76. The molecule has 34 heavy (non-hydrogen) atoms. The van der Waals surface area contributed by atoms with Gasteiger partial charge in [-0.2, -0.15) is 4.31 Å². The first-order valence-corrected chi connectivity index (χ1v) is 14.2. The van der Waals surface area contributed by atoms with Crippen LogP contribution in [0, 0.1) is 12.8 Å². The third kappa shape index (κ3) is 4.52. The largest absolute Gasteiger partial charge is 0.335 e. The van der Waals surface area contributed by atoms with Crippen molar-refractivity contribution in [2.75, 3.05) is 19.6 Å². The van der Waals surface area contributed by atoms with Crippen molar-refractivity contribution in [3.63, 3.8) is 0 Å². The number of benzene rings is 1. The Balaban J connectivity index is 1.35. The Morgan fingerprint density at radius 1 is 0.882 bits per heavy atom. The van der Waals surface area contributed by atoms with E-state index in [2.05, 4.69) is 4.90 Å². The fraction of sp³-hybridized carbons (Fsp3) is 0.556. The maximum absolute atomic E-state index is 13.8. The highest BCUT2D eigenvalue weighted by Gasteiger charge is 2.38. The van der Waals surface area contributed by atoms with E-state index in [0.717, 1.165) is 36.3 Å². The summed E-state index contributed by atoms with van der Waals surface area (Å²) in [5.41, 5.74) is 2.49. The molecule has 182 valence electrons. The van der Waals surface area contributed by atoms with Gasteiger partial charge in [0.1, 0.15) is 0 Å². The average Bonchev–Trinajstić information content (AvgIpc) is 2.88. The Hall–Kier alpha value is -2.25. The van der Waals surface area contributed by atoms with Crippen LogP contribution in [-0.2, 0) is 10.0 Å². The van der Waals surface area contributed by atoms with E-state index in [0.29, 0.717) is 42.8 Å². The van der Waals surface area contributed by atoms with Crippen molar-refractivity contribution in [3.8, 4) is 0 Å². The molecule has 0 radical (unpaired) electrons. The van der Waals surface area contributed by atoms with Crippen LogP contribution in [0.1, 0.15) is 79.0 Å². The number of aryl methyl sites for hydroxylation is 1. The first-order valence-electron chi connectivity index (χ1n) is 12.8. The van der Waals surface area contributed by atoms with Gasteiger partial charge in [0.25, 0.3) is 5.91 Å². The summed E-state index contributed by atoms with van der Waals surface area (Å²) in [6.07, 6.45) is 8.51. The number of hydrogen-bond donors (Lipinski definition) is 0. The predicted molar refractivity (Wildman–Crippen MR) is 132 cm³/mol. The van der Waals surface area contributed by atoms with Crippen LogP contribution in [0.25, 0.3) is 0 Å². The van der Waals surface area contributed by atoms with E-state index >= 15 is 0 Å². The maximum atomic E-state index is 13.8. The summed E-state index contributed by atoms with van der Waals surface area (Å²) in [6, 6.07) is 12.9. The number of amides is 1. The van der Waals surface area contributed by atoms with Crippen molar-refractivity contribution in [2.45, 2.75) is 75.1 Å². The first-order chi connectivity index (χ1) is 16.4. The van der Waals surface area contributed by atoms with Crippen LogP contribution in [0.15, 0.2) is 47.4 Å². The zero-order chi connectivity index (χ0) is 23.7. The molecule has 1 aliphatic carbocycles. The van der Waals surface area contributed by atoms with Gasteiger partial charge >= 0.3 is 0 Å². The molecule has 0 unspecified atom stereocenters. The number of carbonyl (C=O) groups excluding carboxylic acids is 1. The van der Waals surface area contributed by atoms with Crippen LogP contribution in [0.4, 0.5) is 0 Å². The number of likely N-dealkylation sites (tertiary alicyclic amines) is 1. The van der Waals surface area contributed by atoms with Gasteiger partial charge in [0.05, 0.1) is 16.2 Å². The molecule has 0 bridgehead atoms. The molecular formula is C27H35N3O3S. The van der Waals surface area contributed by atoms with Crippen LogP contribution in [0.5, 0.6) is 0 Å².